The second kappa shape index (κ2) is 14.7. The smallest absolute Gasteiger partial charge is 0.198 e. The Morgan fingerprint density at radius 1 is 0.551 bits per heavy atom. The van der Waals surface area contributed by atoms with E-state index < -0.39 is 0 Å². The first-order valence-corrected chi connectivity index (χ1v) is 25.9. The van der Waals surface area contributed by atoms with Gasteiger partial charge in [-0.2, -0.15) is 0 Å². The van der Waals surface area contributed by atoms with Crippen molar-refractivity contribution in [1.82, 2.24) is 4.57 Å². The molecule has 4 heteroatoms. The maximum Gasteiger partial charge on any atom is 0.198 e. The summed E-state index contributed by atoms with van der Waals surface area (Å²) in [6.45, 7) is 21.5. The van der Waals surface area contributed by atoms with Crippen LogP contribution in [0.4, 0.5) is 11.4 Å². The molecule has 0 amide bonds. The van der Waals surface area contributed by atoms with Crippen LogP contribution in [0.3, 0.4) is 0 Å². The molecule has 0 spiro atoms. The van der Waals surface area contributed by atoms with Gasteiger partial charge in [0.15, 0.2) is 7.28 Å². The quantitative estimate of drug-likeness (QED) is 0.170. The van der Waals surface area contributed by atoms with Crippen LogP contribution in [0.1, 0.15) is 103 Å². The van der Waals surface area contributed by atoms with E-state index in [9.17, 15) is 0 Å². The van der Waals surface area contributed by atoms with Crippen molar-refractivity contribution in [1.29, 1.82) is 0 Å². The second-order valence-electron chi connectivity index (χ2n) is 23.3. The van der Waals surface area contributed by atoms with Crippen LogP contribution in [0.15, 0.2) is 158 Å². The van der Waals surface area contributed by atoms with Gasteiger partial charge in [0.25, 0.3) is 0 Å². The van der Waals surface area contributed by atoms with Crippen LogP contribution >= 0.6 is 11.3 Å². The largest absolute Gasteiger partial charge is 0.355 e. The number of thiophene rings is 1. The van der Waals surface area contributed by atoms with Gasteiger partial charge in [-0.3, -0.25) is 0 Å². The van der Waals surface area contributed by atoms with Crippen LogP contribution in [0.5, 0.6) is 0 Å². The number of anilines is 2. The van der Waals surface area contributed by atoms with Crippen molar-refractivity contribution >= 4 is 72.8 Å². The zero-order valence-electron chi connectivity index (χ0n) is 41.5. The van der Waals surface area contributed by atoms with Gasteiger partial charge < -0.3 is 9.88 Å². The summed E-state index contributed by atoms with van der Waals surface area (Å²) < 4.78 is 4.01. The van der Waals surface area contributed by atoms with Crippen LogP contribution in [0.25, 0.3) is 81.4 Å². The van der Waals surface area contributed by atoms with Crippen molar-refractivity contribution in [2.24, 2.45) is 0 Å². The summed E-state index contributed by atoms with van der Waals surface area (Å²) in [5.41, 5.74) is 25.3. The molecule has 0 radical (unpaired) electrons. The monoisotopic (exact) mass is 910 g/mol. The lowest BCUT2D eigenvalue weighted by Crippen LogP contribution is -2.37. The van der Waals surface area contributed by atoms with Crippen LogP contribution in [-0.4, -0.2) is 11.8 Å². The molecule has 0 saturated heterocycles. The van der Waals surface area contributed by atoms with Crippen LogP contribution in [0.2, 0.25) is 0 Å². The highest BCUT2D eigenvalue weighted by molar-refractivity contribution is 7.23. The third kappa shape index (κ3) is 6.37. The van der Waals surface area contributed by atoms with Crippen LogP contribution < -0.4 is 16.2 Å². The molecule has 13 rings (SSSR count). The minimum Gasteiger partial charge on any atom is -0.355 e. The summed E-state index contributed by atoms with van der Waals surface area (Å²) in [6, 6.07) is 60.6. The molecular weight excluding hydrogens is 852 g/mol. The molecule has 10 aromatic rings. The lowest BCUT2D eigenvalue weighted by molar-refractivity contribution is 0.332. The first-order valence-electron chi connectivity index (χ1n) is 25.1. The van der Waals surface area contributed by atoms with Gasteiger partial charge in [0.05, 0.1) is 5.52 Å². The number of hydrogen-bond donors (Lipinski definition) is 1. The van der Waals surface area contributed by atoms with Crippen molar-refractivity contribution < 1.29 is 0 Å². The van der Waals surface area contributed by atoms with Crippen LogP contribution in [0, 0.1) is 0 Å². The second-order valence-corrected chi connectivity index (χ2v) is 24.3. The van der Waals surface area contributed by atoms with E-state index in [1.54, 1.807) is 0 Å². The van der Waals surface area contributed by atoms with E-state index in [1.807, 2.05) is 11.3 Å². The molecule has 2 aromatic heterocycles. The molecular formula is C65H59BN2S. The Morgan fingerprint density at radius 2 is 1.22 bits per heavy atom. The van der Waals surface area contributed by atoms with Gasteiger partial charge >= 0.3 is 0 Å². The topological polar surface area (TPSA) is 17.0 Å². The third-order valence-electron chi connectivity index (χ3n) is 16.6. The lowest BCUT2D eigenvalue weighted by atomic mass is 9.58. The van der Waals surface area contributed by atoms with E-state index in [0.29, 0.717) is 0 Å². The highest BCUT2D eigenvalue weighted by Crippen LogP contribution is 2.53. The highest BCUT2D eigenvalue weighted by atomic mass is 32.1. The molecule has 0 bridgehead atoms. The van der Waals surface area contributed by atoms with Crippen molar-refractivity contribution in [3.05, 3.63) is 186 Å². The Hall–Kier alpha value is -6.62. The minimum atomic E-state index is -0.125. The highest BCUT2D eigenvalue weighted by Gasteiger charge is 2.40. The Morgan fingerprint density at radius 3 is 1.93 bits per heavy atom. The van der Waals surface area contributed by atoms with Gasteiger partial charge in [-0.05, 0) is 139 Å². The SMILES string of the molecule is CC(C)(C)c1ccc(Nc2cc3c(cc2-c2ccc4c5cc6c(cc5n5c4c2Bc2cc4sc(-c7ccccc7)c(-c7ccccc7)c4cc2-5)C(C)(C)c2ccccc2-6)C(C)(C)CCC3(C)C)cc1. The molecule has 0 fully saturated rings. The zero-order valence-corrected chi connectivity index (χ0v) is 42.3. The average Bonchev–Trinajstić information content (AvgIpc) is 3.95. The Labute approximate surface area is 412 Å². The summed E-state index contributed by atoms with van der Waals surface area (Å²) in [5.74, 6) is 0. The van der Waals surface area contributed by atoms with E-state index in [1.165, 1.54) is 132 Å². The predicted octanol–water partition coefficient (Wildman–Crippen LogP) is 16.4. The summed E-state index contributed by atoms with van der Waals surface area (Å²) in [7, 11) is 0.841. The van der Waals surface area contributed by atoms with Gasteiger partial charge in [-0.25, -0.2) is 0 Å². The van der Waals surface area contributed by atoms with E-state index >= 15 is 0 Å². The van der Waals surface area contributed by atoms with Crippen molar-refractivity contribution in [2.75, 3.05) is 5.32 Å². The minimum absolute atomic E-state index is 0.0523. The van der Waals surface area contributed by atoms with Crippen molar-refractivity contribution in [3.63, 3.8) is 0 Å². The number of nitrogens with one attached hydrogen (secondary N) is 1. The Bertz CT molecular complexity index is 3760. The van der Waals surface area contributed by atoms with E-state index in [4.69, 9.17) is 0 Å². The van der Waals surface area contributed by atoms with E-state index in [-0.39, 0.29) is 21.7 Å². The van der Waals surface area contributed by atoms with E-state index in [2.05, 4.69) is 230 Å². The molecule has 2 aliphatic carbocycles. The van der Waals surface area contributed by atoms with Gasteiger partial charge in [0.1, 0.15) is 0 Å². The Kier molecular flexibility index (Phi) is 9.05. The fourth-order valence-corrected chi connectivity index (χ4v) is 13.9. The number of fused-ring (bicyclic) bond motifs is 10. The fourth-order valence-electron chi connectivity index (χ4n) is 12.6. The summed E-state index contributed by atoms with van der Waals surface area (Å²) in [5, 5.41) is 8.01. The number of nitrogens with zero attached hydrogens (tertiary/aromatic N) is 1. The maximum atomic E-state index is 4.05. The first kappa shape index (κ1) is 42.5. The normalized spacial score (nSPS) is 16.0. The average molecular weight is 911 g/mol. The standard InChI is InChI=1S/C65H59BN2S/c1-62(2,3)40-24-26-41(27-25-40)67-54-35-52-51(63(4,5)30-31-64(52,6)7)33-46(54)43-28-29-44-47-32-45-42-22-16-17-23-49(42)65(8,9)50(45)36-55(47)68-56-34-48-57(37-53(56)66-59(43)60(44)68)69-61(39-20-14-11-15-21-39)58(48)38-18-12-10-13-19-38/h10-29,32-37,66-67H,30-31H2,1-9H3. The summed E-state index contributed by atoms with van der Waals surface area (Å²) >= 11 is 1.94. The van der Waals surface area contributed by atoms with Crippen LogP contribution in [-0.2, 0) is 21.7 Å². The first-order chi connectivity index (χ1) is 33.1. The third-order valence-corrected chi connectivity index (χ3v) is 17.8. The van der Waals surface area contributed by atoms with Gasteiger partial charge in [0, 0.05) is 64.9 Å². The molecule has 69 heavy (non-hydrogen) atoms. The predicted molar refractivity (Wildman–Crippen MR) is 300 cm³/mol. The molecule has 1 N–H and O–H groups in total. The summed E-state index contributed by atoms with van der Waals surface area (Å²) in [4.78, 5) is 1.32. The molecule has 0 unspecified atom stereocenters. The molecule has 1 aliphatic heterocycles. The summed E-state index contributed by atoms with van der Waals surface area (Å²) in [6.07, 6.45) is 2.33. The van der Waals surface area contributed by atoms with Gasteiger partial charge in [0.2, 0.25) is 0 Å². The molecule has 0 saturated carbocycles. The fraction of sp³-hybridized carbons (Fsp3) is 0.231. The van der Waals surface area contributed by atoms with E-state index in [0.717, 1.165) is 19.4 Å². The Balaban J connectivity index is 1.11. The molecule has 3 aliphatic rings. The molecule has 3 heterocycles. The zero-order chi connectivity index (χ0) is 47.4. The number of hydrogen-bond acceptors (Lipinski definition) is 2. The van der Waals surface area contributed by atoms with Crippen molar-refractivity contribution in [2.45, 2.75) is 96.8 Å². The maximum absolute atomic E-state index is 4.05. The van der Waals surface area contributed by atoms with Gasteiger partial charge in [-0.1, -0.05) is 177 Å². The molecule has 0 atom stereocenters. The molecule has 2 nitrogen and oxygen atoms in total. The molecule has 338 valence electrons. The number of aromatic nitrogens is 1. The number of rotatable bonds is 5. The molecule has 8 aromatic carbocycles. The van der Waals surface area contributed by atoms with Crippen molar-refractivity contribution in [3.8, 4) is 49.5 Å². The van der Waals surface area contributed by atoms with Gasteiger partial charge in [-0.15, -0.1) is 11.3 Å². The lowest BCUT2D eigenvalue weighted by Gasteiger charge is -2.42. The number of benzene rings is 8.